The number of methoxy groups -OCH3 is 2. The van der Waals surface area contributed by atoms with Crippen molar-refractivity contribution < 1.29 is 13.9 Å². The van der Waals surface area contributed by atoms with Crippen LogP contribution in [0, 0.1) is 6.92 Å². The quantitative estimate of drug-likeness (QED) is 0.897. The molecule has 0 aliphatic rings. The highest BCUT2D eigenvalue weighted by Gasteiger charge is 2.16. The molecule has 2 rings (SSSR count). The van der Waals surface area contributed by atoms with Crippen LogP contribution in [0.2, 0.25) is 0 Å². The molecule has 18 heavy (non-hydrogen) atoms. The Balaban J connectivity index is 2.55. The fourth-order valence-electron chi connectivity index (χ4n) is 1.81. The minimum absolute atomic E-state index is 0.297. The second-order valence-electron chi connectivity index (χ2n) is 3.78. The molecule has 2 N–H and O–H groups in total. The molecule has 96 valence electrons. The Labute approximate surface area is 106 Å². The van der Waals surface area contributed by atoms with Crippen LogP contribution in [-0.4, -0.2) is 19.2 Å². The highest BCUT2D eigenvalue weighted by Crippen LogP contribution is 2.34. The van der Waals surface area contributed by atoms with Gasteiger partial charge in [-0.3, -0.25) is 0 Å². The van der Waals surface area contributed by atoms with Crippen LogP contribution in [0.5, 0.6) is 11.5 Å². The van der Waals surface area contributed by atoms with E-state index in [9.17, 15) is 0 Å². The standard InChI is InChI=1S/C13H16N2O3/c1-8-15-13(12(7-14)18-8)10-5-4-9(16-2)6-11(10)17-3/h4-6H,7,14H2,1-3H3. The van der Waals surface area contributed by atoms with Crippen LogP contribution in [0.15, 0.2) is 22.6 Å². The van der Waals surface area contributed by atoms with Gasteiger partial charge in [-0.05, 0) is 12.1 Å². The van der Waals surface area contributed by atoms with Gasteiger partial charge < -0.3 is 19.6 Å². The Morgan fingerprint density at radius 1 is 1.28 bits per heavy atom. The van der Waals surface area contributed by atoms with Crippen LogP contribution in [0.4, 0.5) is 0 Å². The van der Waals surface area contributed by atoms with E-state index in [2.05, 4.69) is 4.98 Å². The van der Waals surface area contributed by atoms with Gasteiger partial charge in [0.15, 0.2) is 5.89 Å². The number of hydrogen-bond acceptors (Lipinski definition) is 5. The molecule has 0 aliphatic heterocycles. The zero-order valence-corrected chi connectivity index (χ0v) is 10.7. The van der Waals surface area contributed by atoms with Gasteiger partial charge >= 0.3 is 0 Å². The predicted octanol–water partition coefficient (Wildman–Crippen LogP) is 2.13. The van der Waals surface area contributed by atoms with Crippen molar-refractivity contribution in [1.82, 2.24) is 4.98 Å². The summed E-state index contributed by atoms with van der Waals surface area (Å²) < 4.78 is 16.0. The summed E-state index contributed by atoms with van der Waals surface area (Å²) in [5.74, 6) is 2.64. The van der Waals surface area contributed by atoms with Crippen LogP contribution in [-0.2, 0) is 6.54 Å². The van der Waals surface area contributed by atoms with Gasteiger partial charge in [-0.25, -0.2) is 4.98 Å². The van der Waals surface area contributed by atoms with Gasteiger partial charge in [0.25, 0.3) is 0 Å². The monoisotopic (exact) mass is 248 g/mol. The molecule has 0 saturated heterocycles. The van der Waals surface area contributed by atoms with E-state index in [-0.39, 0.29) is 0 Å². The maximum Gasteiger partial charge on any atom is 0.191 e. The lowest BCUT2D eigenvalue weighted by molar-refractivity contribution is 0.395. The lowest BCUT2D eigenvalue weighted by Gasteiger charge is -2.09. The lowest BCUT2D eigenvalue weighted by atomic mass is 10.1. The molecule has 0 bridgehead atoms. The van der Waals surface area contributed by atoms with E-state index in [4.69, 9.17) is 19.6 Å². The molecule has 5 heteroatoms. The van der Waals surface area contributed by atoms with Gasteiger partial charge in [0, 0.05) is 18.6 Å². The second-order valence-corrected chi connectivity index (χ2v) is 3.78. The summed E-state index contributed by atoms with van der Waals surface area (Å²) in [7, 11) is 3.22. The van der Waals surface area contributed by atoms with E-state index in [0.29, 0.717) is 23.9 Å². The predicted molar refractivity (Wildman–Crippen MR) is 67.7 cm³/mol. The van der Waals surface area contributed by atoms with Gasteiger partial charge in [-0.15, -0.1) is 0 Å². The van der Waals surface area contributed by atoms with Crippen molar-refractivity contribution in [2.75, 3.05) is 14.2 Å². The SMILES string of the molecule is COc1ccc(-c2nc(C)oc2CN)c(OC)c1. The average Bonchev–Trinajstić information content (AvgIpc) is 2.78. The molecule has 0 unspecified atom stereocenters. The number of benzene rings is 1. The van der Waals surface area contributed by atoms with Gasteiger partial charge in [0.05, 0.1) is 20.8 Å². The summed E-state index contributed by atoms with van der Waals surface area (Å²) in [5.41, 5.74) is 7.21. The fraction of sp³-hybridized carbons (Fsp3) is 0.308. The molecule has 2 aromatic rings. The molecular formula is C13H16N2O3. The smallest absolute Gasteiger partial charge is 0.191 e. The van der Waals surface area contributed by atoms with E-state index in [0.717, 1.165) is 17.0 Å². The van der Waals surface area contributed by atoms with Crippen molar-refractivity contribution in [2.45, 2.75) is 13.5 Å². The molecule has 0 fully saturated rings. The highest BCUT2D eigenvalue weighted by atomic mass is 16.5. The normalized spacial score (nSPS) is 10.4. The molecule has 0 radical (unpaired) electrons. The van der Waals surface area contributed by atoms with Crippen molar-refractivity contribution in [3.63, 3.8) is 0 Å². The summed E-state index contributed by atoms with van der Waals surface area (Å²) >= 11 is 0. The van der Waals surface area contributed by atoms with Gasteiger partial charge in [-0.1, -0.05) is 0 Å². The van der Waals surface area contributed by atoms with Gasteiger partial charge in [0.1, 0.15) is 23.0 Å². The van der Waals surface area contributed by atoms with E-state index >= 15 is 0 Å². The Kier molecular flexibility index (Phi) is 3.53. The first-order valence-electron chi connectivity index (χ1n) is 5.58. The third kappa shape index (κ3) is 2.17. The number of nitrogens with two attached hydrogens (primary N) is 1. The van der Waals surface area contributed by atoms with Crippen molar-refractivity contribution in [2.24, 2.45) is 5.73 Å². The minimum atomic E-state index is 0.297. The van der Waals surface area contributed by atoms with E-state index in [1.165, 1.54) is 0 Å². The Bertz CT molecular complexity index is 549. The number of aromatic nitrogens is 1. The molecule has 0 amide bonds. The minimum Gasteiger partial charge on any atom is -0.497 e. The topological polar surface area (TPSA) is 70.5 Å². The third-order valence-electron chi connectivity index (χ3n) is 2.65. The van der Waals surface area contributed by atoms with Crippen LogP contribution < -0.4 is 15.2 Å². The van der Waals surface area contributed by atoms with Crippen molar-refractivity contribution in [1.29, 1.82) is 0 Å². The van der Waals surface area contributed by atoms with Crippen molar-refractivity contribution in [3.8, 4) is 22.8 Å². The molecule has 0 aliphatic carbocycles. The number of rotatable bonds is 4. The maximum absolute atomic E-state index is 5.65. The van der Waals surface area contributed by atoms with E-state index in [1.54, 1.807) is 27.2 Å². The summed E-state index contributed by atoms with van der Waals surface area (Å²) in [6.07, 6.45) is 0. The van der Waals surface area contributed by atoms with Crippen LogP contribution in [0.1, 0.15) is 11.7 Å². The maximum atomic E-state index is 5.65. The van der Waals surface area contributed by atoms with Gasteiger partial charge in [0.2, 0.25) is 0 Å². The van der Waals surface area contributed by atoms with Crippen LogP contribution in [0.25, 0.3) is 11.3 Å². The molecule has 5 nitrogen and oxygen atoms in total. The van der Waals surface area contributed by atoms with Crippen LogP contribution in [0.3, 0.4) is 0 Å². The Morgan fingerprint density at radius 3 is 2.67 bits per heavy atom. The number of hydrogen-bond donors (Lipinski definition) is 1. The summed E-state index contributed by atoms with van der Waals surface area (Å²) in [4.78, 5) is 4.35. The van der Waals surface area contributed by atoms with E-state index in [1.807, 2.05) is 12.1 Å². The molecular weight excluding hydrogens is 232 g/mol. The molecule has 0 spiro atoms. The summed E-state index contributed by atoms with van der Waals surface area (Å²) in [6.45, 7) is 2.09. The number of aryl methyl sites for hydroxylation is 1. The first kappa shape index (κ1) is 12.4. The summed E-state index contributed by atoms with van der Waals surface area (Å²) in [5, 5.41) is 0. The fourth-order valence-corrected chi connectivity index (χ4v) is 1.81. The third-order valence-corrected chi connectivity index (χ3v) is 2.65. The zero-order valence-electron chi connectivity index (χ0n) is 10.7. The van der Waals surface area contributed by atoms with Crippen molar-refractivity contribution in [3.05, 3.63) is 29.9 Å². The summed E-state index contributed by atoms with van der Waals surface area (Å²) in [6, 6.07) is 5.54. The Hall–Kier alpha value is -2.01. The van der Waals surface area contributed by atoms with Crippen LogP contribution >= 0.6 is 0 Å². The molecule has 1 aromatic heterocycles. The molecule has 1 heterocycles. The lowest BCUT2D eigenvalue weighted by Crippen LogP contribution is -1.98. The number of nitrogens with zero attached hydrogens (tertiary/aromatic N) is 1. The average molecular weight is 248 g/mol. The molecule has 0 saturated carbocycles. The Morgan fingerprint density at radius 2 is 2.06 bits per heavy atom. The second kappa shape index (κ2) is 5.10. The number of oxazole rings is 1. The largest absolute Gasteiger partial charge is 0.497 e. The number of ether oxygens (including phenoxy) is 2. The first-order valence-corrected chi connectivity index (χ1v) is 5.58. The first-order chi connectivity index (χ1) is 8.69. The molecule has 0 atom stereocenters. The molecule has 1 aromatic carbocycles. The zero-order chi connectivity index (χ0) is 13.1. The van der Waals surface area contributed by atoms with Crippen molar-refractivity contribution >= 4 is 0 Å². The highest BCUT2D eigenvalue weighted by molar-refractivity contribution is 5.70. The van der Waals surface area contributed by atoms with E-state index < -0.39 is 0 Å². The van der Waals surface area contributed by atoms with Gasteiger partial charge in [-0.2, -0.15) is 0 Å².